The summed E-state index contributed by atoms with van der Waals surface area (Å²) in [6.07, 6.45) is -0.795. The van der Waals surface area contributed by atoms with Gasteiger partial charge in [0.2, 0.25) is 0 Å². The van der Waals surface area contributed by atoms with E-state index in [2.05, 4.69) is 15.9 Å². The van der Waals surface area contributed by atoms with Gasteiger partial charge in [-0.05, 0) is 40.0 Å². The maximum absolute atomic E-state index is 12.9. The van der Waals surface area contributed by atoms with Gasteiger partial charge in [-0.25, -0.2) is 4.39 Å². The van der Waals surface area contributed by atoms with Gasteiger partial charge in [0.1, 0.15) is 5.82 Å². The number of rotatable bonds is 4. The summed E-state index contributed by atoms with van der Waals surface area (Å²) in [5.74, 6) is -2.01. The van der Waals surface area contributed by atoms with E-state index >= 15 is 0 Å². The maximum Gasteiger partial charge on any atom is 0.306 e. The van der Waals surface area contributed by atoms with E-state index in [9.17, 15) is 14.3 Å². The predicted octanol–water partition coefficient (Wildman–Crippen LogP) is 2.73. The molecule has 0 amide bonds. The SMILES string of the molecule is CC(CC(O)c1ccc(F)c(Br)c1)C(=O)O. The molecular weight excluding hydrogens is 279 g/mol. The summed E-state index contributed by atoms with van der Waals surface area (Å²) in [4.78, 5) is 10.6. The molecule has 0 fully saturated rings. The third-order valence-electron chi connectivity index (χ3n) is 2.33. The van der Waals surface area contributed by atoms with Crippen molar-refractivity contribution >= 4 is 21.9 Å². The fourth-order valence-corrected chi connectivity index (χ4v) is 1.69. The van der Waals surface area contributed by atoms with Gasteiger partial charge in [-0.2, -0.15) is 0 Å². The molecule has 5 heteroatoms. The zero-order valence-electron chi connectivity index (χ0n) is 8.65. The molecule has 3 nitrogen and oxygen atoms in total. The first-order valence-corrected chi connectivity index (χ1v) is 5.57. The monoisotopic (exact) mass is 290 g/mol. The van der Waals surface area contributed by atoms with Gasteiger partial charge >= 0.3 is 5.97 Å². The van der Waals surface area contributed by atoms with Crippen LogP contribution < -0.4 is 0 Å². The molecular formula is C11H12BrFO3. The standard InChI is InChI=1S/C11H12BrFO3/c1-6(11(15)16)4-10(14)7-2-3-9(13)8(12)5-7/h2-3,5-6,10,14H,4H2,1H3,(H,15,16). The second kappa shape index (κ2) is 5.41. The number of hydrogen-bond acceptors (Lipinski definition) is 2. The van der Waals surface area contributed by atoms with E-state index < -0.39 is 23.8 Å². The molecule has 2 N–H and O–H groups in total. The minimum Gasteiger partial charge on any atom is -0.481 e. The lowest BCUT2D eigenvalue weighted by atomic mass is 9.98. The highest BCUT2D eigenvalue weighted by atomic mass is 79.9. The maximum atomic E-state index is 12.9. The lowest BCUT2D eigenvalue weighted by Crippen LogP contribution is -2.13. The Labute approximate surface area is 101 Å². The van der Waals surface area contributed by atoms with Crippen LogP contribution in [0, 0.1) is 11.7 Å². The molecule has 0 aliphatic heterocycles. The number of carboxylic acids is 1. The summed E-state index contributed by atoms with van der Waals surface area (Å²) in [6, 6.07) is 4.13. The average molecular weight is 291 g/mol. The lowest BCUT2D eigenvalue weighted by Gasteiger charge is -2.14. The fraction of sp³-hybridized carbons (Fsp3) is 0.364. The van der Waals surface area contributed by atoms with Gasteiger partial charge in [0.05, 0.1) is 16.5 Å². The topological polar surface area (TPSA) is 57.5 Å². The Balaban J connectivity index is 2.76. The highest BCUT2D eigenvalue weighted by Crippen LogP contribution is 2.25. The van der Waals surface area contributed by atoms with Gasteiger partial charge in [-0.3, -0.25) is 4.79 Å². The number of hydrogen-bond donors (Lipinski definition) is 2. The number of carboxylic acid groups (broad SMARTS) is 1. The number of aliphatic carboxylic acids is 1. The largest absolute Gasteiger partial charge is 0.481 e. The van der Waals surface area contributed by atoms with Crippen molar-refractivity contribution in [3.63, 3.8) is 0 Å². The summed E-state index contributed by atoms with van der Waals surface area (Å²) in [7, 11) is 0. The first kappa shape index (κ1) is 13.1. The second-order valence-corrected chi connectivity index (χ2v) is 4.52. The van der Waals surface area contributed by atoms with Crippen molar-refractivity contribution in [1.29, 1.82) is 0 Å². The molecule has 1 rings (SSSR count). The Morgan fingerprint density at radius 1 is 1.56 bits per heavy atom. The fourth-order valence-electron chi connectivity index (χ4n) is 1.29. The van der Waals surface area contributed by atoms with Crippen LogP contribution in [0.3, 0.4) is 0 Å². The van der Waals surface area contributed by atoms with Crippen LogP contribution in [0.5, 0.6) is 0 Å². The number of carbonyl (C=O) groups is 1. The van der Waals surface area contributed by atoms with Gasteiger partial charge in [0, 0.05) is 0 Å². The minimum absolute atomic E-state index is 0.105. The van der Waals surface area contributed by atoms with E-state index in [1.807, 2.05) is 0 Å². The van der Waals surface area contributed by atoms with Crippen molar-refractivity contribution < 1.29 is 19.4 Å². The van der Waals surface area contributed by atoms with Crippen LogP contribution in [-0.4, -0.2) is 16.2 Å². The number of halogens is 2. The van der Waals surface area contributed by atoms with Gasteiger partial charge in [0.25, 0.3) is 0 Å². The highest BCUT2D eigenvalue weighted by Gasteiger charge is 2.18. The third kappa shape index (κ3) is 3.28. The van der Waals surface area contributed by atoms with Crippen LogP contribution in [0.2, 0.25) is 0 Å². The molecule has 16 heavy (non-hydrogen) atoms. The van der Waals surface area contributed by atoms with Gasteiger partial charge < -0.3 is 10.2 Å². The van der Waals surface area contributed by atoms with Crippen LogP contribution in [-0.2, 0) is 4.79 Å². The zero-order chi connectivity index (χ0) is 12.3. The lowest BCUT2D eigenvalue weighted by molar-refractivity contribution is -0.142. The summed E-state index contributed by atoms with van der Waals surface area (Å²) in [5.41, 5.74) is 0.501. The van der Waals surface area contributed by atoms with Crippen LogP contribution in [0.25, 0.3) is 0 Å². The molecule has 1 aromatic carbocycles. The Hall–Kier alpha value is -0.940. The molecule has 0 saturated heterocycles. The smallest absolute Gasteiger partial charge is 0.306 e. The van der Waals surface area contributed by atoms with E-state index in [1.54, 1.807) is 0 Å². The molecule has 0 aliphatic rings. The Kier molecular flexibility index (Phi) is 4.44. The molecule has 1 aromatic rings. The van der Waals surface area contributed by atoms with Crippen molar-refractivity contribution in [3.05, 3.63) is 34.1 Å². The van der Waals surface area contributed by atoms with Crippen molar-refractivity contribution in [1.82, 2.24) is 0 Å². The summed E-state index contributed by atoms with van der Waals surface area (Å²) < 4.78 is 13.2. The van der Waals surface area contributed by atoms with E-state index in [0.717, 1.165) is 0 Å². The predicted molar refractivity (Wildman–Crippen MR) is 60.5 cm³/mol. The van der Waals surface area contributed by atoms with Crippen molar-refractivity contribution in [2.24, 2.45) is 5.92 Å². The first-order valence-electron chi connectivity index (χ1n) is 4.77. The van der Waals surface area contributed by atoms with Crippen LogP contribution in [0.4, 0.5) is 4.39 Å². The minimum atomic E-state index is -0.958. The van der Waals surface area contributed by atoms with Gasteiger partial charge in [-0.15, -0.1) is 0 Å². The quantitative estimate of drug-likeness (QED) is 0.896. The average Bonchev–Trinajstić information content (AvgIpc) is 2.21. The molecule has 0 saturated carbocycles. The molecule has 0 aromatic heterocycles. The van der Waals surface area contributed by atoms with Gasteiger partial charge in [0.15, 0.2) is 0 Å². The van der Waals surface area contributed by atoms with Gasteiger partial charge in [-0.1, -0.05) is 13.0 Å². The molecule has 0 radical (unpaired) electrons. The van der Waals surface area contributed by atoms with Crippen LogP contribution in [0.15, 0.2) is 22.7 Å². The summed E-state index contributed by atoms with van der Waals surface area (Å²) in [6.45, 7) is 1.52. The van der Waals surface area contributed by atoms with Crippen molar-refractivity contribution in [2.75, 3.05) is 0 Å². The summed E-state index contributed by atoms with van der Waals surface area (Å²) in [5, 5.41) is 18.4. The molecule has 2 atom stereocenters. The normalized spacial score (nSPS) is 14.5. The third-order valence-corrected chi connectivity index (χ3v) is 2.93. The number of aliphatic hydroxyl groups is 1. The Morgan fingerprint density at radius 2 is 2.19 bits per heavy atom. The van der Waals surface area contributed by atoms with E-state index in [0.29, 0.717) is 5.56 Å². The van der Waals surface area contributed by atoms with Crippen LogP contribution >= 0.6 is 15.9 Å². The Morgan fingerprint density at radius 3 is 2.69 bits per heavy atom. The van der Waals surface area contributed by atoms with Crippen LogP contribution in [0.1, 0.15) is 25.0 Å². The van der Waals surface area contributed by atoms with Crippen molar-refractivity contribution in [3.8, 4) is 0 Å². The second-order valence-electron chi connectivity index (χ2n) is 3.66. The molecule has 0 bridgehead atoms. The molecule has 0 spiro atoms. The van der Waals surface area contributed by atoms with Crippen molar-refractivity contribution in [2.45, 2.75) is 19.4 Å². The molecule has 2 unspecified atom stereocenters. The molecule has 0 heterocycles. The Bertz CT molecular complexity index is 395. The number of benzene rings is 1. The van der Waals surface area contributed by atoms with E-state index in [4.69, 9.17) is 5.11 Å². The first-order chi connectivity index (χ1) is 7.41. The number of aliphatic hydroxyl groups excluding tert-OH is 1. The summed E-state index contributed by atoms with van der Waals surface area (Å²) >= 11 is 3.01. The zero-order valence-corrected chi connectivity index (χ0v) is 10.2. The highest BCUT2D eigenvalue weighted by molar-refractivity contribution is 9.10. The molecule has 0 aliphatic carbocycles. The molecule has 88 valence electrons. The van der Waals surface area contributed by atoms with E-state index in [-0.39, 0.29) is 10.9 Å². The van der Waals surface area contributed by atoms with E-state index in [1.165, 1.54) is 25.1 Å².